The lowest BCUT2D eigenvalue weighted by Gasteiger charge is -2.30. The van der Waals surface area contributed by atoms with Gasteiger partial charge in [-0.25, -0.2) is 0 Å². The third kappa shape index (κ3) is 3.93. The molecule has 1 aromatic heterocycles. The lowest BCUT2D eigenvalue weighted by atomic mass is 9.97. The Kier molecular flexibility index (Phi) is 5.35. The molecule has 0 spiro atoms. The minimum Gasteiger partial charge on any atom is -0.506 e. The zero-order valence-corrected chi connectivity index (χ0v) is 12.0. The number of aromatic nitrogens is 1. The van der Waals surface area contributed by atoms with Crippen LogP contribution < -0.4 is 5.32 Å². The van der Waals surface area contributed by atoms with Gasteiger partial charge >= 0.3 is 0 Å². The highest BCUT2D eigenvalue weighted by Crippen LogP contribution is 2.17. The van der Waals surface area contributed by atoms with Crippen LogP contribution in [0.1, 0.15) is 36.5 Å². The Hall–Kier alpha value is -1.62. The molecule has 5 nitrogen and oxygen atoms in total. The normalized spacial score (nSPS) is 16.1. The van der Waals surface area contributed by atoms with E-state index in [1.165, 1.54) is 18.5 Å². The molecule has 2 N–H and O–H groups in total. The van der Waals surface area contributed by atoms with Gasteiger partial charge in [0.2, 0.25) is 0 Å². The van der Waals surface area contributed by atoms with Gasteiger partial charge in [0.15, 0.2) is 0 Å². The molecule has 0 aromatic carbocycles. The molecule has 0 bridgehead atoms. The number of hydrogen-bond donors (Lipinski definition) is 2. The molecule has 110 valence electrons. The zero-order chi connectivity index (χ0) is 14.4. The van der Waals surface area contributed by atoms with E-state index in [1.807, 2.05) is 4.90 Å². The predicted molar refractivity (Wildman–Crippen MR) is 77.7 cm³/mol. The second-order valence-corrected chi connectivity index (χ2v) is 5.38. The summed E-state index contributed by atoms with van der Waals surface area (Å²) in [7, 11) is 0. The van der Waals surface area contributed by atoms with Crippen LogP contribution in [-0.4, -0.2) is 47.1 Å². The molecule has 0 unspecified atom stereocenters. The second-order valence-electron chi connectivity index (χ2n) is 5.38. The second kappa shape index (κ2) is 7.24. The van der Waals surface area contributed by atoms with Crippen molar-refractivity contribution in [2.75, 3.05) is 26.2 Å². The van der Waals surface area contributed by atoms with Gasteiger partial charge in [0.25, 0.3) is 5.91 Å². The lowest BCUT2D eigenvalue weighted by Crippen LogP contribution is -2.39. The van der Waals surface area contributed by atoms with Crippen molar-refractivity contribution >= 4 is 5.91 Å². The smallest absolute Gasteiger partial charge is 0.255 e. The first-order valence-corrected chi connectivity index (χ1v) is 7.34. The quantitative estimate of drug-likeness (QED) is 0.858. The summed E-state index contributed by atoms with van der Waals surface area (Å²) in [5, 5.41) is 12.8. The van der Waals surface area contributed by atoms with Crippen LogP contribution in [0.3, 0.4) is 0 Å². The minimum atomic E-state index is -0.0335. The van der Waals surface area contributed by atoms with Crippen LogP contribution >= 0.6 is 0 Å². The van der Waals surface area contributed by atoms with Crippen molar-refractivity contribution in [2.24, 2.45) is 5.92 Å². The number of amides is 1. The van der Waals surface area contributed by atoms with Gasteiger partial charge in [0.05, 0.1) is 11.8 Å². The van der Waals surface area contributed by atoms with Gasteiger partial charge in [0, 0.05) is 19.3 Å². The largest absolute Gasteiger partial charge is 0.506 e. The number of rotatable bonds is 5. The standard InChI is InChI=1S/C15H23N3O2/c1-2-7-18(11-12-3-5-16-6-4-12)15(20)13-8-14(19)10-17-9-13/h8-10,12,16,19H,2-7,11H2,1H3. The van der Waals surface area contributed by atoms with E-state index in [2.05, 4.69) is 17.2 Å². The van der Waals surface area contributed by atoms with Crippen molar-refractivity contribution in [3.63, 3.8) is 0 Å². The summed E-state index contributed by atoms with van der Waals surface area (Å²) >= 11 is 0. The molecule has 1 aromatic rings. The van der Waals surface area contributed by atoms with Gasteiger partial charge in [-0.3, -0.25) is 9.78 Å². The molecule has 1 fully saturated rings. The highest BCUT2D eigenvalue weighted by atomic mass is 16.3. The van der Waals surface area contributed by atoms with Crippen molar-refractivity contribution in [3.05, 3.63) is 24.0 Å². The molecule has 1 saturated heterocycles. The third-order valence-corrected chi connectivity index (χ3v) is 3.69. The third-order valence-electron chi connectivity index (χ3n) is 3.69. The van der Waals surface area contributed by atoms with Gasteiger partial charge in [-0.2, -0.15) is 0 Å². The SMILES string of the molecule is CCCN(CC1CCNCC1)C(=O)c1cncc(O)c1. The van der Waals surface area contributed by atoms with E-state index in [4.69, 9.17) is 0 Å². The van der Waals surface area contributed by atoms with E-state index in [0.29, 0.717) is 11.5 Å². The van der Waals surface area contributed by atoms with E-state index in [9.17, 15) is 9.90 Å². The lowest BCUT2D eigenvalue weighted by molar-refractivity contribution is 0.0715. The number of nitrogens with one attached hydrogen (secondary N) is 1. The van der Waals surface area contributed by atoms with Crippen molar-refractivity contribution < 1.29 is 9.90 Å². The number of carbonyl (C=O) groups is 1. The molecule has 0 atom stereocenters. The Morgan fingerprint density at radius 1 is 1.45 bits per heavy atom. The fourth-order valence-corrected chi connectivity index (χ4v) is 2.65. The first-order valence-electron chi connectivity index (χ1n) is 7.34. The van der Waals surface area contributed by atoms with E-state index in [-0.39, 0.29) is 11.7 Å². The van der Waals surface area contributed by atoms with E-state index >= 15 is 0 Å². The monoisotopic (exact) mass is 277 g/mol. The molecule has 1 aliphatic rings. The van der Waals surface area contributed by atoms with Crippen LogP contribution in [0.25, 0.3) is 0 Å². The first-order chi connectivity index (χ1) is 9.70. The molecule has 2 rings (SSSR count). The number of pyridine rings is 1. The molecule has 2 heterocycles. The maximum atomic E-state index is 12.5. The summed E-state index contributed by atoms with van der Waals surface area (Å²) in [4.78, 5) is 18.3. The Balaban J connectivity index is 2.04. The number of aromatic hydroxyl groups is 1. The summed E-state index contributed by atoms with van der Waals surface area (Å²) in [5.41, 5.74) is 0.465. The topological polar surface area (TPSA) is 65.5 Å². The van der Waals surface area contributed by atoms with Gasteiger partial charge in [-0.15, -0.1) is 0 Å². The van der Waals surface area contributed by atoms with Gasteiger partial charge in [-0.05, 0) is 44.3 Å². The zero-order valence-electron chi connectivity index (χ0n) is 12.0. The van der Waals surface area contributed by atoms with Gasteiger partial charge in [-0.1, -0.05) is 6.92 Å². The number of carbonyl (C=O) groups excluding carboxylic acids is 1. The molecule has 0 saturated carbocycles. The van der Waals surface area contributed by atoms with Crippen LogP contribution in [-0.2, 0) is 0 Å². The van der Waals surface area contributed by atoms with E-state index in [0.717, 1.165) is 45.4 Å². The number of piperidine rings is 1. The molecular weight excluding hydrogens is 254 g/mol. The van der Waals surface area contributed by atoms with Crippen molar-refractivity contribution in [3.8, 4) is 5.75 Å². The first kappa shape index (κ1) is 14.8. The minimum absolute atomic E-state index is 0.0335. The van der Waals surface area contributed by atoms with Crippen molar-refractivity contribution in [1.29, 1.82) is 0 Å². The summed E-state index contributed by atoms with van der Waals surface area (Å²) < 4.78 is 0. The Bertz CT molecular complexity index is 444. The number of hydrogen-bond acceptors (Lipinski definition) is 4. The van der Waals surface area contributed by atoms with Crippen LogP contribution in [0, 0.1) is 5.92 Å². The summed E-state index contributed by atoms with van der Waals surface area (Å²) in [6.45, 7) is 5.69. The molecular formula is C15H23N3O2. The highest BCUT2D eigenvalue weighted by molar-refractivity contribution is 5.94. The van der Waals surface area contributed by atoms with Crippen LogP contribution in [0.4, 0.5) is 0 Å². The predicted octanol–water partition coefficient (Wildman–Crippen LogP) is 1.64. The van der Waals surface area contributed by atoms with Crippen LogP contribution in [0.15, 0.2) is 18.5 Å². The summed E-state index contributed by atoms with van der Waals surface area (Å²) in [6, 6.07) is 1.49. The fourth-order valence-electron chi connectivity index (χ4n) is 2.65. The fraction of sp³-hybridized carbons (Fsp3) is 0.600. The summed E-state index contributed by atoms with van der Waals surface area (Å²) in [6.07, 6.45) is 6.03. The molecule has 20 heavy (non-hydrogen) atoms. The summed E-state index contributed by atoms with van der Waals surface area (Å²) in [5.74, 6) is 0.569. The maximum absolute atomic E-state index is 12.5. The van der Waals surface area contributed by atoms with Gasteiger partial charge < -0.3 is 15.3 Å². The average molecular weight is 277 g/mol. The van der Waals surface area contributed by atoms with E-state index < -0.39 is 0 Å². The molecule has 1 amide bonds. The van der Waals surface area contributed by atoms with Gasteiger partial charge in [0.1, 0.15) is 5.75 Å². The Morgan fingerprint density at radius 2 is 2.20 bits per heavy atom. The Morgan fingerprint density at radius 3 is 2.85 bits per heavy atom. The van der Waals surface area contributed by atoms with Crippen molar-refractivity contribution in [1.82, 2.24) is 15.2 Å². The number of nitrogens with zero attached hydrogens (tertiary/aromatic N) is 2. The molecule has 1 aliphatic heterocycles. The van der Waals surface area contributed by atoms with Crippen LogP contribution in [0.2, 0.25) is 0 Å². The average Bonchev–Trinajstić information content (AvgIpc) is 2.47. The molecule has 0 radical (unpaired) electrons. The molecule has 5 heteroatoms. The maximum Gasteiger partial charge on any atom is 0.255 e. The van der Waals surface area contributed by atoms with Crippen molar-refractivity contribution in [2.45, 2.75) is 26.2 Å². The highest BCUT2D eigenvalue weighted by Gasteiger charge is 2.21. The van der Waals surface area contributed by atoms with E-state index in [1.54, 1.807) is 0 Å². The molecule has 0 aliphatic carbocycles. The van der Waals surface area contributed by atoms with Crippen LogP contribution in [0.5, 0.6) is 5.75 Å². The Labute approximate surface area is 120 Å².